The van der Waals surface area contributed by atoms with Crippen molar-refractivity contribution >= 4 is 11.4 Å². The lowest BCUT2D eigenvalue weighted by Gasteiger charge is -2.21. The first-order valence-corrected chi connectivity index (χ1v) is 5.30. The van der Waals surface area contributed by atoms with E-state index in [9.17, 15) is 9.81 Å². The van der Waals surface area contributed by atoms with E-state index in [0.29, 0.717) is 23.9 Å². The van der Waals surface area contributed by atoms with Gasteiger partial charge in [0.25, 0.3) is 0 Å². The summed E-state index contributed by atoms with van der Waals surface area (Å²) in [6.07, 6.45) is 3.56. The molecule has 0 radical (unpaired) electrons. The standard InChI is InChI=1S/C12H14N4O2/c1-3-9-15(10-4-2)11-5-7-12(8-6-11)16(13-17)14-18/h3-8H,1-2,9-10H2. The van der Waals surface area contributed by atoms with Crippen molar-refractivity contribution in [3.05, 3.63) is 59.4 Å². The van der Waals surface area contributed by atoms with E-state index in [4.69, 9.17) is 0 Å². The maximum atomic E-state index is 10.3. The van der Waals surface area contributed by atoms with E-state index < -0.39 is 0 Å². The Hall–Kier alpha value is -2.50. The first-order valence-electron chi connectivity index (χ1n) is 5.30. The van der Waals surface area contributed by atoms with Gasteiger partial charge in [-0.2, -0.15) is 0 Å². The van der Waals surface area contributed by atoms with Crippen LogP contribution in [-0.4, -0.2) is 13.1 Å². The van der Waals surface area contributed by atoms with Crippen molar-refractivity contribution in [3.8, 4) is 0 Å². The lowest BCUT2D eigenvalue weighted by Crippen LogP contribution is -2.22. The molecule has 1 aromatic carbocycles. The summed E-state index contributed by atoms with van der Waals surface area (Å²) in [5.41, 5.74) is 1.25. The van der Waals surface area contributed by atoms with Crippen LogP contribution < -0.4 is 10.0 Å². The van der Waals surface area contributed by atoms with E-state index >= 15 is 0 Å². The van der Waals surface area contributed by atoms with E-state index in [0.717, 1.165) is 5.69 Å². The molecule has 1 rings (SSSR count). The van der Waals surface area contributed by atoms with Gasteiger partial charge in [0.2, 0.25) is 0 Å². The maximum Gasteiger partial charge on any atom is 0.0924 e. The van der Waals surface area contributed by atoms with Gasteiger partial charge in [0.1, 0.15) is 0 Å². The second-order valence-electron chi connectivity index (χ2n) is 3.45. The molecule has 6 heteroatoms. The zero-order chi connectivity index (χ0) is 13.4. The molecule has 0 aliphatic rings. The molecule has 0 aliphatic heterocycles. The molecule has 0 spiro atoms. The van der Waals surface area contributed by atoms with Gasteiger partial charge in [-0.15, -0.1) is 23.0 Å². The number of hydrogen-bond donors (Lipinski definition) is 0. The highest BCUT2D eigenvalue weighted by Crippen LogP contribution is 2.21. The average molecular weight is 246 g/mol. The van der Waals surface area contributed by atoms with Crippen molar-refractivity contribution in [1.82, 2.24) is 0 Å². The predicted octanol–water partition coefficient (Wildman–Crippen LogP) is 3.03. The normalized spacial score (nSPS) is 9.33. The topological polar surface area (TPSA) is 65.3 Å². The highest BCUT2D eigenvalue weighted by Gasteiger charge is 2.08. The number of rotatable bonds is 8. The van der Waals surface area contributed by atoms with Gasteiger partial charge in [-0.25, -0.2) is 0 Å². The van der Waals surface area contributed by atoms with Crippen LogP contribution in [0.1, 0.15) is 0 Å². The quantitative estimate of drug-likeness (QED) is 0.401. The second kappa shape index (κ2) is 6.95. The average Bonchev–Trinajstić information content (AvgIpc) is 2.41. The summed E-state index contributed by atoms with van der Waals surface area (Å²) in [6, 6.07) is 6.73. The smallest absolute Gasteiger partial charge is 0.0924 e. The van der Waals surface area contributed by atoms with Crippen LogP contribution in [0.15, 0.2) is 60.1 Å². The van der Waals surface area contributed by atoms with Gasteiger partial charge in [-0.3, -0.25) is 0 Å². The molecule has 0 bridgehead atoms. The summed E-state index contributed by atoms with van der Waals surface area (Å²) in [4.78, 5) is 22.6. The van der Waals surface area contributed by atoms with E-state index in [1.54, 1.807) is 36.4 Å². The van der Waals surface area contributed by atoms with Crippen LogP contribution in [-0.2, 0) is 0 Å². The first kappa shape index (κ1) is 13.6. The molecular weight excluding hydrogens is 232 g/mol. The fourth-order valence-electron chi connectivity index (χ4n) is 1.50. The van der Waals surface area contributed by atoms with Gasteiger partial charge in [0.15, 0.2) is 0 Å². The SMILES string of the molecule is C=CCN(CC=C)c1ccc(N(N=O)N=O)cc1. The lowest BCUT2D eigenvalue weighted by molar-refractivity contribution is 0.904. The molecule has 6 nitrogen and oxygen atoms in total. The number of anilines is 2. The third-order valence-electron chi connectivity index (χ3n) is 2.30. The van der Waals surface area contributed by atoms with Crippen molar-refractivity contribution < 1.29 is 0 Å². The third kappa shape index (κ3) is 3.24. The Bertz CT molecular complexity index is 412. The Kier molecular flexibility index (Phi) is 5.24. The summed E-state index contributed by atoms with van der Waals surface area (Å²) in [7, 11) is 0. The molecule has 18 heavy (non-hydrogen) atoms. The molecule has 1 aromatic rings. The Morgan fingerprint density at radius 2 is 1.39 bits per heavy atom. The number of nitrogens with zero attached hydrogens (tertiary/aromatic N) is 4. The van der Waals surface area contributed by atoms with Crippen molar-refractivity contribution in [1.29, 1.82) is 0 Å². The van der Waals surface area contributed by atoms with Crippen LogP contribution in [0.3, 0.4) is 0 Å². The summed E-state index contributed by atoms with van der Waals surface area (Å²) in [5, 5.41) is 5.45. The molecular formula is C12H14N4O2. The van der Waals surface area contributed by atoms with Crippen LogP contribution in [0, 0.1) is 9.81 Å². The second-order valence-corrected chi connectivity index (χ2v) is 3.45. The monoisotopic (exact) mass is 246 g/mol. The van der Waals surface area contributed by atoms with Crippen molar-refractivity contribution in [2.75, 3.05) is 23.1 Å². The van der Waals surface area contributed by atoms with Gasteiger partial charge in [-0.1, -0.05) is 17.3 Å². The summed E-state index contributed by atoms with van der Waals surface area (Å²) in [6.45, 7) is 8.71. The number of nitroso groups, excluding NO2 is 2. The molecule has 0 saturated carbocycles. The van der Waals surface area contributed by atoms with E-state index in [-0.39, 0.29) is 0 Å². The Balaban J connectivity index is 2.91. The van der Waals surface area contributed by atoms with Crippen LogP contribution in [0.25, 0.3) is 0 Å². The van der Waals surface area contributed by atoms with Crippen molar-refractivity contribution in [2.24, 2.45) is 10.6 Å². The molecule has 0 heterocycles. The van der Waals surface area contributed by atoms with Crippen molar-refractivity contribution in [2.45, 2.75) is 0 Å². The highest BCUT2D eigenvalue weighted by molar-refractivity contribution is 5.56. The van der Waals surface area contributed by atoms with Gasteiger partial charge in [0, 0.05) is 18.8 Å². The minimum absolute atomic E-state index is 0.320. The maximum absolute atomic E-state index is 10.3. The molecule has 0 fully saturated rings. The Morgan fingerprint density at radius 3 is 1.78 bits per heavy atom. The fourth-order valence-corrected chi connectivity index (χ4v) is 1.50. The van der Waals surface area contributed by atoms with Crippen molar-refractivity contribution in [3.63, 3.8) is 0 Å². The van der Waals surface area contributed by atoms with E-state index in [1.807, 2.05) is 4.90 Å². The van der Waals surface area contributed by atoms with Gasteiger partial charge in [-0.05, 0) is 24.3 Å². The molecule has 94 valence electrons. The molecule has 0 atom stereocenters. The highest BCUT2D eigenvalue weighted by atomic mass is 16.4. The fraction of sp³-hybridized carbons (Fsp3) is 0.167. The molecule has 0 N–H and O–H groups in total. The number of benzene rings is 1. The molecule has 0 aromatic heterocycles. The Morgan fingerprint density at radius 1 is 0.944 bits per heavy atom. The van der Waals surface area contributed by atoms with Crippen LogP contribution in [0.2, 0.25) is 0 Å². The van der Waals surface area contributed by atoms with Crippen LogP contribution >= 0.6 is 0 Å². The zero-order valence-corrected chi connectivity index (χ0v) is 9.90. The predicted molar refractivity (Wildman–Crippen MR) is 73.1 cm³/mol. The summed E-state index contributed by atoms with van der Waals surface area (Å²) in [5.74, 6) is 0. The Labute approximate surface area is 105 Å². The van der Waals surface area contributed by atoms with E-state index in [1.165, 1.54) is 0 Å². The van der Waals surface area contributed by atoms with Gasteiger partial charge >= 0.3 is 0 Å². The molecule has 0 saturated heterocycles. The minimum Gasteiger partial charge on any atom is -0.364 e. The summed E-state index contributed by atoms with van der Waals surface area (Å²) < 4.78 is 0. The molecule has 0 unspecified atom stereocenters. The van der Waals surface area contributed by atoms with Crippen LogP contribution in [0.4, 0.5) is 11.4 Å². The first-order chi connectivity index (χ1) is 8.76. The minimum atomic E-state index is 0.320. The lowest BCUT2D eigenvalue weighted by atomic mass is 10.2. The largest absolute Gasteiger partial charge is 0.364 e. The molecule has 0 amide bonds. The van der Waals surface area contributed by atoms with Gasteiger partial charge in [0.05, 0.1) is 16.3 Å². The molecule has 0 aliphatic carbocycles. The van der Waals surface area contributed by atoms with Crippen LogP contribution in [0.5, 0.6) is 0 Å². The van der Waals surface area contributed by atoms with Gasteiger partial charge < -0.3 is 4.90 Å². The third-order valence-corrected chi connectivity index (χ3v) is 2.30. The number of hydrogen-bond acceptors (Lipinski definition) is 5. The van der Waals surface area contributed by atoms with E-state index in [2.05, 4.69) is 23.7 Å². The zero-order valence-electron chi connectivity index (χ0n) is 9.90. The summed E-state index contributed by atoms with van der Waals surface area (Å²) >= 11 is 0.